The van der Waals surface area contributed by atoms with E-state index in [1.54, 1.807) is 12.1 Å². The standard InChI is InChI=1S/C17H20FN3S/c1-3-21(4-2)16-11-9-15(10-12-16)20-17(22)19-14-7-5-13(18)6-8-14/h5-12H,3-4H2,1-2H3,(H2,19,20,22). The molecule has 3 nitrogen and oxygen atoms in total. The first-order chi connectivity index (χ1) is 10.6. The number of nitrogens with one attached hydrogen (secondary N) is 2. The highest BCUT2D eigenvalue weighted by molar-refractivity contribution is 7.80. The van der Waals surface area contributed by atoms with E-state index in [2.05, 4.69) is 41.5 Å². The van der Waals surface area contributed by atoms with Crippen molar-refractivity contribution in [2.24, 2.45) is 0 Å². The molecule has 0 aliphatic heterocycles. The molecule has 0 aromatic heterocycles. The van der Waals surface area contributed by atoms with Crippen LogP contribution in [0.4, 0.5) is 21.5 Å². The monoisotopic (exact) mass is 317 g/mol. The minimum Gasteiger partial charge on any atom is -0.372 e. The molecule has 2 N–H and O–H groups in total. The zero-order chi connectivity index (χ0) is 15.9. The Labute approximate surface area is 136 Å². The predicted octanol–water partition coefficient (Wildman–Crippen LogP) is 4.48. The first-order valence-corrected chi connectivity index (χ1v) is 7.71. The molecule has 0 spiro atoms. The second kappa shape index (κ2) is 7.75. The lowest BCUT2D eigenvalue weighted by atomic mass is 10.2. The summed E-state index contributed by atoms with van der Waals surface area (Å²) >= 11 is 5.25. The summed E-state index contributed by atoms with van der Waals surface area (Å²) in [5.41, 5.74) is 2.85. The summed E-state index contributed by atoms with van der Waals surface area (Å²) in [6.45, 7) is 6.23. The van der Waals surface area contributed by atoms with Crippen molar-refractivity contribution < 1.29 is 4.39 Å². The first-order valence-electron chi connectivity index (χ1n) is 7.31. The minimum atomic E-state index is -0.267. The van der Waals surface area contributed by atoms with Crippen molar-refractivity contribution in [3.05, 3.63) is 54.3 Å². The van der Waals surface area contributed by atoms with Gasteiger partial charge < -0.3 is 15.5 Å². The number of rotatable bonds is 5. The smallest absolute Gasteiger partial charge is 0.175 e. The summed E-state index contributed by atoms with van der Waals surface area (Å²) in [4.78, 5) is 2.28. The Balaban J connectivity index is 1.95. The van der Waals surface area contributed by atoms with Crippen LogP contribution in [0, 0.1) is 5.82 Å². The van der Waals surface area contributed by atoms with E-state index in [9.17, 15) is 4.39 Å². The lowest BCUT2D eigenvalue weighted by Crippen LogP contribution is -2.22. The van der Waals surface area contributed by atoms with Crippen LogP contribution in [0.25, 0.3) is 0 Å². The molecule has 2 aromatic rings. The van der Waals surface area contributed by atoms with Gasteiger partial charge in [-0.3, -0.25) is 0 Å². The van der Waals surface area contributed by atoms with Crippen LogP contribution in [-0.4, -0.2) is 18.2 Å². The minimum absolute atomic E-state index is 0.267. The van der Waals surface area contributed by atoms with Gasteiger partial charge in [0.25, 0.3) is 0 Å². The zero-order valence-corrected chi connectivity index (χ0v) is 13.6. The molecule has 0 bridgehead atoms. The maximum absolute atomic E-state index is 12.9. The van der Waals surface area contributed by atoms with Crippen molar-refractivity contribution in [1.82, 2.24) is 0 Å². The largest absolute Gasteiger partial charge is 0.372 e. The van der Waals surface area contributed by atoms with Gasteiger partial charge in [-0.1, -0.05) is 0 Å². The Bertz CT molecular complexity index is 607. The summed E-state index contributed by atoms with van der Waals surface area (Å²) in [6.07, 6.45) is 0. The lowest BCUT2D eigenvalue weighted by Gasteiger charge is -2.21. The van der Waals surface area contributed by atoms with Gasteiger partial charge >= 0.3 is 0 Å². The van der Waals surface area contributed by atoms with Gasteiger partial charge in [0.15, 0.2) is 5.11 Å². The Morgan fingerprint density at radius 3 is 1.82 bits per heavy atom. The number of nitrogens with zero attached hydrogens (tertiary/aromatic N) is 1. The van der Waals surface area contributed by atoms with E-state index in [4.69, 9.17) is 12.2 Å². The van der Waals surface area contributed by atoms with Crippen molar-refractivity contribution in [2.75, 3.05) is 28.6 Å². The average molecular weight is 317 g/mol. The first kappa shape index (κ1) is 16.2. The van der Waals surface area contributed by atoms with Crippen LogP contribution in [0.3, 0.4) is 0 Å². The highest BCUT2D eigenvalue weighted by Crippen LogP contribution is 2.18. The third-order valence-electron chi connectivity index (χ3n) is 3.36. The van der Waals surface area contributed by atoms with Crippen molar-refractivity contribution in [3.8, 4) is 0 Å². The quantitative estimate of drug-likeness (QED) is 0.795. The summed E-state index contributed by atoms with van der Waals surface area (Å²) in [6, 6.07) is 14.2. The third kappa shape index (κ3) is 4.43. The van der Waals surface area contributed by atoms with E-state index in [0.717, 1.165) is 24.5 Å². The topological polar surface area (TPSA) is 27.3 Å². The molecule has 0 saturated heterocycles. The van der Waals surface area contributed by atoms with Crippen molar-refractivity contribution in [3.63, 3.8) is 0 Å². The Morgan fingerprint density at radius 1 is 0.909 bits per heavy atom. The number of anilines is 3. The second-order valence-electron chi connectivity index (χ2n) is 4.81. The zero-order valence-electron chi connectivity index (χ0n) is 12.8. The Kier molecular flexibility index (Phi) is 5.72. The van der Waals surface area contributed by atoms with Crippen LogP contribution in [0.2, 0.25) is 0 Å². The van der Waals surface area contributed by atoms with Gasteiger partial charge in [-0.15, -0.1) is 0 Å². The molecule has 2 rings (SSSR count). The Hall–Kier alpha value is -2.14. The molecule has 0 atom stereocenters. The number of benzene rings is 2. The summed E-state index contributed by atoms with van der Waals surface area (Å²) in [5.74, 6) is -0.267. The molecule has 0 fully saturated rings. The summed E-state index contributed by atoms with van der Waals surface area (Å²) in [7, 11) is 0. The van der Waals surface area contributed by atoms with Crippen molar-refractivity contribution in [1.29, 1.82) is 0 Å². The fraction of sp³-hybridized carbons (Fsp3) is 0.235. The molecule has 22 heavy (non-hydrogen) atoms. The lowest BCUT2D eigenvalue weighted by molar-refractivity contribution is 0.628. The molecule has 0 aliphatic carbocycles. The molecular weight excluding hydrogens is 297 g/mol. The summed E-state index contributed by atoms with van der Waals surface area (Å²) in [5, 5.41) is 6.61. The van der Waals surface area contributed by atoms with Crippen LogP contribution in [-0.2, 0) is 0 Å². The highest BCUT2D eigenvalue weighted by atomic mass is 32.1. The maximum Gasteiger partial charge on any atom is 0.175 e. The fourth-order valence-corrected chi connectivity index (χ4v) is 2.41. The van der Waals surface area contributed by atoms with Gasteiger partial charge in [0.1, 0.15) is 5.82 Å². The van der Waals surface area contributed by atoms with Gasteiger partial charge in [0, 0.05) is 30.2 Å². The number of thiocarbonyl (C=S) groups is 1. The van der Waals surface area contributed by atoms with E-state index in [-0.39, 0.29) is 5.82 Å². The van der Waals surface area contributed by atoms with Gasteiger partial charge in [0.05, 0.1) is 0 Å². The van der Waals surface area contributed by atoms with Gasteiger partial charge in [-0.05, 0) is 74.6 Å². The van der Waals surface area contributed by atoms with Crippen LogP contribution >= 0.6 is 12.2 Å². The van der Waals surface area contributed by atoms with Crippen molar-refractivity contribution >= 4 is 34.4 Å². The normalized spacial score (nSPS) is 10.1. The van der Waals surface area contributed by atoms with Crippen LogP contribution in [0.15, 0.2) is 48.5 Å². The molecule has 5 heteroatoms. The van der Waals surface area contributed by atoms with Gasteiger partial charge in [-0.25, -0.2) is 4.39 Å². The molecule has 0 amide bonds. The van der Waals surface area contributed by atoms with Crippen LogP contribution in [0.5, 0.6) is 0 Å². The van der Waals surface area contributed by atoms with Gasteiger partial charge in [-0.2, -0.15) is 0 Å². The number of hydrogen-bond acceptors (Lipinski definition) is 2. The third-order valence-corrected chi connectivity index (χ3v) is 3.56. The molecule has 0 heterocycles. The van der Waals surface area contributed by atoms with E-state index < -0.39 is 0 Å². The predicted molar refractivity (Wildman–Crippen MR) is 96.2 cm³/mol. The molecule has 0 unspecified atom stereocenters. The van der Waals surface area contributed by atoms with Crippen molar-refractivity contribution in [2.45, 2.75) is 13.8 Å². The molecule has 116 valence electrons. The van der Waals surface area contributed by atoms with Gasteiger partial charge in [0.2, 0.25) is 0 Å². The fourth-order valence-electron chi connectivity index (χ4n) is 2.17. The summed E-state index contributed by atoms with van der Waals surface area (Å²) < 4.78 is 12.9. The SMILES string of the molecule is CCN(CC)c1ccc(NC(=S)Nc2ccc(F)cc2)cc1. The molecular formula is C17H20FN3S. The Morgan fingerprint density at radius 2 is 1.36 bits per heavy atom. The van der Waals surface area contributed by atoms with E-state index in [1.807, 2.05) is 12.1 Å². The van der Waals surface area contributed by atoms with E-state index in [0.29, 0.717) is 5.11 Å². The average Bonchev–Trinajstić information content (AvgIpc) is 2.52. The van der Waals surface area contributed by atoms with E-state index in [1.165, 1.54) is 17.8 Å². The number of halogens is 1. The molecule has 0 saturated carbocycles. The molecule has 2 aromatic carbocycles. The molecule has 0 radical (unpaired) electrons. The second-order valence-corrected chi connectivity index (χ2v) is 5.21. The maximum atomic E-state index is 12.9. The highest BCUT2D eigenvalue weighted by Gasteiger charge is 2.03. The van der Waals surface area contributed by atoms with E-state index >= 15 is 0 Å². The van der Waals surface area contributed by atoms with Crippen LogP contribution < -0.4 is 15.5 Å². The molecule has 0 aliphatic rings. The van der Waals surface area contributed by atoms with Crippen LogP contribution in [0.1, 0.15) is 13.8 Å². The number of hydrogen-bond donors (Lipinski definition) is 2.